The second-order valence-corrected chi connectivity index (χ2v) is 5.24. The maximum Gasteiger partial charge on any atom is 0.303 e. The first-order chi connectivity index (χ1) is 9.06. The number of carbonyl (C=O) groups is 2. The third-order valence-corrected chi connectivity index (χ3v) is 3.55. The molecule has 1 aliphatic rings. The Labute approximate surface area is 112 Å². The van der Waals surface area contributed by atoms with Crippen LogP contribution in [0.1, 0.15) is 41.3 Å². The van der Waals surface area contributed by atoms with Crippen molar-refractivity contribution >= 4 is 11.9 Å². The van der Waals surface area contributed by atoms with Gasteiger partial charge in [-0.1, -0.05) is 19.1 Å². The molecule has 0 aromatic heterocycles. The topological polar surface area (TPSA) is 66.4 Å². The molecular weight excluding hydrogens is 242 g/mol. The predicted octanol–water partition coefficient (Wildman–Crippen LogP) is 2.02. The average molecular weight is 261 g/mol. The number of amides is 1. The first kappa shape index (κ1) is 13.6. The number of aryl methyl sites for hydroxylation is 1. The molecule has 0 aliphatic carbocycles. The highest BCUT2D eigenvalue weighted by atomic mass is 16.4. The zero-order valence-corrected chi connectivity index (χ0v) is 11.1. The number of hydrogen-bond donors (Lipinski definition) is 2. The highest BCUT2D eigenvalue weighted by molar-refractivity contribution is 5.96. The van der Waals surface area contributed by atoms with Gasteiger partial charge in [-0.25, -0.2) is 0 Å². The fourth-order valence-corrected chi connectivity index (χ4v) is 2.43. The fraction of sp³-hybridized carbons (Fsp3) is 0.467. The number of fused-ring (bicyclic) bond motifs is 1. The molecule has 0 spiro atoms. The minimum Gasteiger partial charge on any atom is -0.481 e. The minimum absolute atomic E-state index is 0.00156. The molecule has 1 aromatic carbocycles. The molecule has 2 rings (SSSR count). The van der Waals surface area contributed by atoms with Gasteiger partial charge in [-0.05, 0) is 42.4 Å². The van der Waals surface area contributed by atoms with Gasteiger partial charge in [0.25, 0.3) is 5.91 Å². The van der Waals surface area contributed by atoms with Crippen LogP contribution in [-0.2, 0) is 17.6 Å². The van der Waals surface area contributed by atoms with Gasteiger partial charge >= 0.3 is 5.97 Å². The van der Waals surface area contributed by atoms with E-state index in [0.717, 1.165) is 36.0 Å². The molecule has 0 fully saturated rings. The number of carbonyl (C=O) groups excluding carboxylic acids is 1. The van der Waals surface area contributed by atoms with Gasteiger partial charge in [-0.15, -0.1) is 0 Å². The molecule has 4 nitrogen and oxygen atoms in total. The highest BCUT2D eigenvalue weighted by Crippen LogP contribution is 2.19. The van der Waals surface area contributed by atoms with Crippen molar-refractivity contribution in [1.29, 1.82) is 0 Å². The Bertz CT molecular complexity index is 496. The van der Waals surface area contributed by atoms with E-state index in [0.29, 0.717) is 6.54 Å². The van der Waals surface area contributed by atoms with Gasteiger partial charge in [0.2, 0.25) is 0 Å². The van der Waals surface area contributed by atoms with Gasteiger partial charge in [0.1, 0.15) is 0 Å². The van der Waals surface area contributed by atoms with Crippen LogP contribution < -0.4 is 5.32 Å². The molecule has 1 atom stereocenters. The summed E-state index contributed by atoms with van der Waals surface area (Å²) in [5, 5.41) is 11.6. The van der Waals surface area contributed by atoms with Gasteiger partial charge < -0.3 is 10.4 Å². The van der Waals surface area contributed by atoms with Crippen molar-refractivity contribution in [2.45, 2.75) is 32.6 Å². The number of benzene rings is 1. The molecule has 0 radical (unpaired) electrons. The normalized spacial score (nSPS) is 15.5. The van der Waals surface area contributed by atoms with E-state index in [1.54, 1.807) is 0 Å². The van der Waals surface area contributed by atoms with Crippen LogP contribution in [0.4, 0.5) is 0 Å². The molecule has 1 amide bonds. The van der Waals surface area contributed by atoms with E-state index in [2.05, 4.69) is 5.32 Å². The molecule has 2 N–H and O–H groups in total. The number of nitrogens with one attached hydrogen (secondary N) is 1. The monoisotopic (exact) mass is 261 g/mol. The van der Waals surface area contributed by atoms with Gasteiger partial charge in [-0.2, -0.15) is 0 Å². The van der Waals surface area contributed by atoms with Crippen LogP contribution in [0.5, 0.6) is 0 Å². The third-order valence-electron chi connectivity index (χ3n) is 3.55. The summed E-state index contributed by atoms with van der Waals surface area (Å²) in [6.45, 7) is 2.65. The van der Waals surface area contributed by atoms with Gasteiger partial charge in [0.15, 0.2) is 0 Å². The van der Waals surface area contributed by atoms with Crippen molar-refractivity contribution in [2.24, 2.45) is 5.92 Å². The Morgan fingerprint density at radius 2 is 2.26 bits per heavy atom. The summed E-state index contributed by atoms with van der Waals surface area (Å²) in [7, 11) is 0. The standard InChI is InChI=1S/C15H19NO3/c1-10(8-14(17)18)2-3-11-4-5-12-6-7-16-15(19)13(12)9-11/h4-5,9-10H,2-3,6-8H2,1H3,(H,16,19)(H,17,18). The van der Waals surface area contributed by atoms with Crippen molar-refractivity contribution in [2.75, 3.05) is 6.54 Å². The first-order valence-electron chi connectivity index (χ1n) is 6.68. The molecular formula is C15H19NO3. The summed E-state index contributed by atoms with van der Waals surface area (Å²) in [5.74, 6) is -0.596. The van der Waals surface area contributed by atoms with E-state index >= 15 is 0 Å². The van der Waals surface area contributed by atoms with E-state index in [4.69, 9.17) is 5.11 Å². The Morgan fingerprint density at radius 1 is 1.47 bits per heavy atom. The maximum atomic E-state index is 11.7. The summed E-state index contributed by atoms with van der Waals surface area (Å²) in [6, 6.07) is 6.01. The SMILES string of the molecule is CC(CCc1ccc2c(c1)C(=O)NCC2)CC(=O)O. The van der Waals surface area contributed by atoms with Crippen molar-refractivity contribution in [3.8, 4) is 0 Å². The smallest absolute Gasteiger partial charge is 0.303 e. The average Bonchev–Trinajstić information content (AvgIpc) is 2.36. The number of aliphatic carboxylic acids is 1. The molecule has 19 heavy (non-hydrogen) atoms. The van der Waals surface area contributed by atoms with Crippen LogP contribution in [0.15, 0.2) is 18.2 Å². The molecule has 102 valence electrons. The Kier molecular flexibility index (Phi) is 4.20. The number of carboxylic acids is 1. The Balaban J connectivity index is 2.00. The molecule has 1 aromatic rings. The van der Waals surface area contributed by atoms with Crippen LogP contribution in [0.25, 0.3) is 0 Å². The second kappa shape index (κ2) is 5.87. The number of hydrogen-bond acceptors (Lipinski definition) is 2. The van der Waals surface area contributed by atoms with Gasteiger partial charge in [-0.3, -0.25) is 9.59 Å². The molecule has 1 aliphatic heterocycles. The molecule has 1 heterocycles. The third kappa shape index (κ3) is 3.56. The largest absolute Gasteiger partial charge is 0.481 e. The Morgan fingerprint density at radius 3 is 3.00 bits per heavy atom. The quantitative estimate of drug-likeness (QED) is 0.852. The van der Waals surface area contributed by atoms with E-state index < -0.39 is 5.97 Å². The molecule has 0 bridgehead atoms. The summed E-state index contributed by atoms with van der Waals surface area (Å²) in [5.41, 5.74) is 2.98. The first-order valence-corrected chi connectivity index (χ1v) is 6.68. The maximum absolute atomic E-state index is 11.7. The van der Waals surface area contributed by atoms with Crippen LogP contribution >= 0.6 is 0 Å². The van der Waals surface area contributed by atoms with E-state index in [1.165, 1.54) is 0 Å². The van der Waals surface area contributed by atoms with Gasteiger partial charge in [0.05, 0.1) is 0 Å². The lowest BCUT2D eigenvalue weighted by Crippen LogP contribution is -2.31. The molecule has 1 unspecified atom stereocenters. The zero-order valence-electron chi connectivity index (χ0n) is 11.1. The lowest BCUT2D eigenvalue weighted by Gasteiger charge is -2.17. The second-order valence-electron chi connectivity index (χ2n) is 5.24. The summed E-state index contributed by atoms with van der Waals surface area (Å²) in [4.78, 5) is 22.3. The lowest BCUT2D eigenvalue weighted by atomic mass is 9.93. The Hall–Kier alpha value is -1.84. The van der Waals surface area contributed by atoms with Crippen molar-refractivity contribution < 1.29 is 14.7 Å². The number of rotatable bonds is 5. The van der Waals surface area contributed by atoms with Crippen LogP contribution in [0.2, 0.25) is 0 Å². The number of carboxylic acid groups (broad SMARTS) is 1. The van der Waals surface area contributed by atoms with E-state index in [-0.39, 0.29) is 18.2 Å². The molecule has 0 saturated carbocycles. The predicted molar refractivity (Wildman–Crippen MR) is 72.2 cm³/mol. The van der Waals surface area contributed by atoms with Crippen LogP contribution in [-0.4, -0.2) is 23.5 Å². The van der Waals surface area contributed by atoms with E-state index in [9.17, 15) is 9.59 Å². The molecule has 0 saturated heterocycles. The van der Waals surface area contributed by atoms with E-state index in [1.807, 2.05) is 25.1 Å². The highest BCUT2D eigenvalue weighted by Gasteiger charge is 2.16. The lowest BCUT2D eigenvalue weighted by molar-refractivity contribution is -0.138. The summed E-state index contributed by atoms with van der Waals surface area (Å²) < 4.78 is 0. The fourth-order valence-electron chi connectivity index (χ4n) is 2.43. The van der Waals surface area contributed by atoms with Crippen molar-refractivity contribution in [3.05, 3.63) is 34.9 Å². The van der Waals surface area contributed by atoms with Crippen molar-refractivity contribution in [3.63, 3.8) is 0 Å². The minimum atomic E-state index is -0.752. The van der Waals surface area contributed by atoms with Gasteiger partial charge in [0, 0.05) is 18.5 Å². The summed E-state index contributed by atoms with van der Waals surface area (Å²) in [6.07, 6.45) is 2.73. The zero-order chi connectivity index (χ0) is 13.8. The van der Waals surface area contributed by atoms with Crippen LogP contribution in [0.3, 0.4) is 0 Å². The summed E-state index contributed by atoms with van der Waals surface area (Å²) >= 11 is 0. The van der Waals surface area contributed by atoms with Crippen LogP contribution in [0, 0.1) is 5.92 Å². The molecule has 4 heteroatoms. The van der Waals surface area contributed by atoms with Crippen molar-refractivity contribution in [1.82, 2.24) is 5.32 Å².